The van der Waals surface area contributed by atoms with Gasteiger partial charge in [0.1, 0.15) is 11.6 Å². The summed E-state index contributed by atoms with van der Waals surface area (Å²) in [6.07, 6.45) is 6.94. The molecule has 41 heavy (non-hydrogen) atoms. The zero-order chi connectivity index (χ0) is 29.4. The van der Waals surface area contributed by atoms with E-state index in [0.29, 0.717) is 23.5 Å². The molecular weight excluding hydrogens is 525 g/mol. The second kappa shape index (κ2) is 13.1. The predicted molar refractivity (Wildman–Crippen MR) is 157 cm³/mol. The minimum atomic E-state index is -1.03. The average molecular weight is 560 g/mol. The maximum atomic E-state index is 15.3. The van der Waals surface area contributed by atoms with Crippen LogP contribution < -0.4 is 20.7 Å². The van der Waals surface area contributed by atoms with Gasteiger partial charge in [0.05, 0.1) is 11.2 Å². The Hall–Kier alpha value is -4.70. The zero-order valence-electron chi connectivity index (χ0n) is 23.3. The highest BCUT2D eigenvalue weighted by Crippen LogP contribution is 2.30. The van der Waals surface area contributed by atoms with Gasteiger partial charge in [0.2, 0.25) is 0 Å². The second-order valence-electron chi connectivity index (χ2n) is 10.3. The van der Waals surface area contributed by atoms with Gasteiger partial charge in [-0.25, -0.2) is 14.2 Å². The molecule has 3 aromatic rings. The third-order valence-corrected chi connectivity index (χ3v) is 6.15. The van der Waals surface area contributed by atoms with Crippen molar-refractivity contribution in [3.05, 3.63) is 96.2 Å². The standard InChI is InChI=1S/C31H34FN5O4/c1-21(34-20-31(2,3)40)28(29(38)35-23-10-6-4-7-11-23)22-12-13-26(25(32)18-22)41-24-14-15-33-27(19-24)36-30(39)37-16-8-5-9-17-37/h4,6-8,10-16,18-19,34,40H,5,9,17,20H2,1-3H3,(H,35,38)(H,33,36,39)/b28-21-. The largest absolute Gasteiger partial charge is 0.454 e. The molecule has 9 nitrogen and oxygen atoms in total. The average Bonchev–Trinajstić information content (AvgIpc) is 2.94. The number of pyridine rings is 1. The molecule has 0 spiro atoms. The van der Waals surface area contributed by atoms with E-state index in [-0.39, 0.29) is 35.5 Å². The number of carbonyl (C=O) groups is 2. The smallest absolute Gasteiger partial charge is 0.327 e. The summed E-state index contributed by atoms with van der Waals surface area (Å²) in [6, 6.07) is 15.9. The highest BCUT2D eigenvalue weighted by atomic mass is 19.1. The number of amides is 3. The van der Waals surface area contributed by atoms with E-state index < -0.39 is 17.3 Å². The molecule has 4 N–H and O–H groups in total. The van der Waals surface area contributed by atoms with Gasteiger partial charge in [-0.1, -0.05) is 30.3 Å². The lowest BCUT2D eigenvalue weighted by Gasteiger charge is -2.21. The van der Waals surface area contributed by atoms with Crippen LogP contribution in [0.1, 0.15) is 39.2 Å². The molecule has 214 valence electrons. The molecule has 0 saturated heterocycles. The molecular formula is C31H34FN5O4. The van der Waals surface area contributed by atoms with Crippen LogP contribution >= 0.6 is 0 Å². The van der Waals surface area contributed by atoms with Gasteiger partial charge in [0.15, 0.2) is 11.6 Å². The first-order valence-corrected chi connectivity index (χ1v) is 13.3. The van der Waals surface area contributed by atoms with Crippen LogP contribution in [0.15, 0.2) is 84.8 Å². The Bertz CT molecular complexity index is 1450. The van der Waals surface area contributed by atoms with Crippen molar-refractivity contribution in [3.8, 4) is 11.5 Å². The molecule has 0 unspecified atom stereocenters. The lowest BCUT2D eigenvalue weighted by molar-refractivity contribution is -0.111. The normalized spacial score (nSPS) is 13.7. The number of para-hydroxylation sites is 1. The first-order valence-electron chi connectivity index (χ1n) is 13.3. The number of ether oxygens (including phenoxy) is 1. The molecule has 2 aromatic carbocycles. The molecule has 0 radical (unpaired) electrons. The molecule has 0 saturated carbocycles. The van der Waals surface area contributed by atoms with E-state index in [1.807, 2.05) is 12.1 Å². The van der Waals surface area contributed by atoms with Crippen LogP contribution in [0, 0.1) is 5.82 Å². The van der Waals surface area contributed by atoms with E-state index in [0.717, 1.165) is 12.8 Å². The van der Waals surface area contributed by atoms with E-state index in [1.54, 1.807) is 68.3 Å². The maximum absolute atomic E-state index is 15.3. The third kappa shape index (κ3) is 8.39. The van der Waals surface area contributed by atoms with Crippen molar-refractivity contribution in [1.82, 2.24) is 15.2 Å². The number of aromatic nitrogens is 1. The van der Waals surface area contributed by atoms with E-state index >= 15 is 4.39 Å². The Labute approximate surface area is 238 Å². The third-order valence-electron chi connectivity index (χ3n) is 6.15. The highest BCUT2D eigenvalue weighted by molar-refractivity contribution is 6.26. The molecule has 1 aliphatic heterocycles. The number of nitrogens with zero attached hydrogens (tertiary/aromatic N) is 2. The molecule has 0 bridgehead atoms. The van der Waals surface area contributed by atoms with Gasteiger partial charge >= 0.3 is 6.03 Å². The number of benzene rings is 2. The molecule has 0 aliphatic carbocycles. The monoisotopic (exact) mass is 559 g/mol. The fraction of sp³-hybridized carbons (Fsp3) is 0.258. The second-order valence-corrected chi connectivity index (χ2v) is 10.3. The summed E-state index contributed by atoms with van der Waals surface area (Å²) >= 11 is 0. The molecule has 0 atom stereocenters. The molecule has 4 rings (SSSR count). The van der Waals surface area contributed by atoms with Crippen LogP contribution in [0.4, 0.5) is 20.7 Å². The number of anilines is 2. The van der Waals surface area contributed by atoms with Crippen molar-refractivity contribution >= 4 is 29.0 Å². The number of allylic oxidation sites excluding steroid dienone is 2. The lowest BCUT2D eigenvalue weighted by atomic mass is 10.0. The van der Waals surface area contributed by atoms with Crippen molar-refractivity contribution in [1.29, 1.82) is 0 Å². The Morgan fingerprint density at radius 2 is 1.88 bits per heavy atom. The Morgan fingerprint density at radius 3 is 2.56 bits per heavy atom. The number of hydrogen-bond acceptors (Lipinski definition) is 6. The number of rotatable bonds is 9. The van der Waals surface area contributed by atoms with E-state index in [2.05, 4.69) is 20.9 Å². The minimum Gasteiger partial charge on any atom is -0.454 e. The molecule has 1 aliphatic rings. The molecule has 3 amide bonds. The fourth-order valence-corrected chi connectivity index (χ4v) is 4.09. The summed E-state index contributed by atoms with van der Waals surface area (Å²) in [5.41, 5.74) is 0.554. The van der Waals surface area contributed by atoms with Gasteiger partial charge in [-0.2, -0.15) is 0 Å². The minimum absolute atomic E-state index is 0.0684. The topological polar surface area (TPSA) is 116 Å². The van der Waals surface area contributed by atoms with Gasteiger partial charge in [-0.3, -0.25) is 10.1 Å². The summed E-state index contributed by atoms with van der Waals surface area (Å²) in [5, 5.41) is 18.8. The number of carbonyl (C=O) groups excluding carboxylic acids is 2. The maximum Gasteiger partial charge on any atom is 0.327 e. The number of aliphatic hydroxyl groups is 1. The van der Waals surface area contributed by atoms with Crippen molar-refractivity contribution in [2.75, 3.05) is 23.7 Å². The van der Waals surface area contributed by atoms with E-state index in [1.165, 1.54) is 24.4 Å². The van der Waals surface area contributed by atoms with Gasteiger partial charge < -0.3 is 25.4 Å². The van der Waals surface area contributed by atoms with Crippen molar-refractivity contribution in [2.45, 2.75) is 39.2 Å². The summed E-state index contributed by atoms with van der Waals surface area (Å²) in [4.78, 5) is 31.5. The van der Waals surface area contributed by atoms with Crippen LogP contribution in [0.25, 0.3) is 5.57 Å². The SMILES string of the molecule is C/C(NCC(C)(C)O)=C(/C(=O)Nc1ccccc1)c1ccc(Oc2ccnc(NC(=O)N3C=CCCC3)c2)c(F)c1. The summed E-state index contributed by atoms with van der Waals surface area (Å²) in [5.74, 6) is -0.663. The first kappa shape index (κ1) is 29.3. The molecule has 1 aromatic heterocycles. The molecule has 2 heterocycles. The number of halogens is 1. The summed E-state index contributed by atoms with van der Waals surface area (Å²) in [7, 11) is 0. The number of hydrogen-bond donors (Lipinski definition) is 4. The van der Waals surface area contributed by atoms with Gasteiger partial charge in [-0.05, 0) is 69.5 Å². The van der Waals surface area contributed by atoms with Crippen LogP contribution in [-0.2, 0) is 4.79 Å². The Balaban J connectivity index is 1.54. The quantitative estimate of drug-likeness (QED) is 0.243. The zero-order valence-corrected chi connectivity index (χ0v) is 23.3. The fourth-order valence-electron chi connectivity index (χ4n) is 4.09. The first-order chi connectivity index (χ1) is 19.6. The van der Waals surface area contributed by atoms with Crippen LogP contribution in [0.5, 0.6) is 11.5 Å². The van der Waals surface area contributed by atoms with Crippen LogP contribution in [-0.4, -0.2) is 45.6 Å². The Morgan fingerprint density at radius 1 is 1.10 bits per heavy atom. The summed E-state index contributed by atoms with van der Waals surface area (Å²) in [6.45, 7) is 5.77. The van der Waals surface area contributed by atoms with Crippen molar-refractivity contribution in [2.24, 2.45) is 0 Å². The van der Waals surface area contributed by atoms with Gasteiger partial charge in [0.25, 0.3) is 5.91 Å². The predicted octanol–water partition coefficient (Wildman–Crippen LogP) is 5.88. The Kier molecular flexibility index (Phi) is 9.36. The van der Waals surface area contributed by atoms with E-state index in [4.69, 9.17) is 4.74 Å². The highest BCUT2D eigenvalue weighted by Gasteiger charge is 2.20. The van der Waals surface area contributed by atoms with Gasteiger partial charge in [-0.15, -0.1) is 0 Å². The molecule has 10 heteroatoms. The van der Waals surface area contributed by atoms with Crippen molar-refractivity contribution in [3.63, 3.8) is 0 Å². The van der Waals surface area contributed by atoms with Gasteiger partial charge in [0, 0.05) is 42.9 Å². The molecule has 0 fully saturated rings. The number of nitrogens with one attached hydrogen (secondary N) is 3. The number of urea groups is 1. The van der Waals surface area contributed by atoms with E-state index in [9.17, 15) is 14.7 Å². The summed E-state index contributed by atoms with van der Waals surface area (Å²) < 4.78 is 21.1. The van der Waals surface area contributed by atoms with Crippen LogP contribution in [0.2, 0.25) is 0 Å². The lowest BCUT2D eigenvalue weighted by Crippen LogP contribution is -2.34. The van der Waals surface area contributed by atoms with Crippen LogP contribution in [0.3, 0.4) is 0 Å². The van der Waals surface area contributed by atoms with Crippen molar-refractivity contribution < 1.29 is 23.8 Å².